The zero-order valence-corrected chi connectivity index (χ0v) is 10.8. The molecule has 1 aromatic rings. The number of methoxy groups -OCH3 is 1. The van der Waals surface area contributed by atoms with Crippen LogP contribution in [0.15, 0.2) is 18.2 Å². The van der Waals surface area contributed by atoms with Crippen LogP contribution >= 0.6 is 0 Å². The Labute approximate surface area is 98.8 Å². The van der Waals surface area contributed by atoms with Gasteiger partial charge in [-0.15, -0.1) is 0 Å². The topological polar surface area (TPSA) is 35.2 Å². The summed E-state index contributed by atoms with van der Waals surface area (Å²) in [7, 11) is 1.72. The minimum absolute atomic E-state index is 0.269. The van der Waals surface area contributed by atoms with E-state index in [0.29, 0.717) is 5.92 Å². The highest BCUT2D eigenvalue weighted by molar-refractivity contribution is 5.36. The van der Waals surface area contributed by atoms with E-state index >= 15 is 0 Å². The molecule has 1 aromatic carbocycles. The van der Waals surface area contributed by atoms with E-state index in [4.69, 9.17) is 10.5 Å². The van der Waals surface area contributed by atoms with Crippen molar-refractivity contribution in [3.63, 3.8) is 0 Å². The van der Waals surface area contributed by atoms with E-state index in [-0.39, 0.29) is 6.04 Å². The number of nitrogens with two attached hydrogens (primary N) is 1. The molecule has 0 saturated carbocycles. The summed E-state index contributed by atoms with van der Waals surface area (Å²) >= 11 is 0. The molecule has 0 spiro atoms. The smallest absolute Gasteiger partial charge is 0.122 e. The van der Waals surface area contributed by atoms with Gasteiger partial charge in [-0.25, -0.2) is 0 Å². The van der Waals surface area contributed by atoms with Crippen molar-refractivity contribution < 1.29 is 4.74 Å². The van der Waals surface area contributed by atoms with Crippen LogP contribution in [0.5, 0.6) is 5.75 Å². The van der Waals surface area contributed by atoms with Gasteiger partial charge in [0.15, 0.2) is 0 Å². The molecule has 0 aliphatic heterocycles. The maximum atomic E-state index is 6.05. The molecule has 0 fully saturated rings. The van der Waals surface area contributed by atoms with Crippen LogP contribution in [-0.4, -0.2) is 13.2 Å². The summed E-state index contributed by atoms with van der Waals surface area (Å²) in [6.45, 7) is 6.43. The molecule has 0 aromatic heterocycles. The Hall–Kier alpha value is -1.02. The molecule has 0 bridgehead atoms. The van der Waals surface area contributed by atoms with E-state index in [9.17, 15) is 0 Å². The standard InChI is InChI=1S/C14H23NO/c1-10(2)13(15)7-6-12-9-11(3)5-8-14(12)16-4/h5,8-10,13H,6-7,15H2,1-4H3. The lowest BCUT2D eigenvalue weighted by atomic mass is 9.96. The van der Waals surface area contributed by atoms with Crippen LogP contribution in [0.25, 0.3) is 0 Å². The second-order valence-electron chi connectivity index (χ2n) is 4.76. The molecular formula is C14H23NO. The molecule has 0 heterocycles. The van der Waals surface area contributed by atoms with Gasteiger partial charge in [0.1, 0.15) is 5.75 Å². The van der Waals surface area contributed by atoms with Crippen molar-refractivity contribution in [2.45, 2.75) is 39.7 Å². The third-order valence-corrected chi connectivity index (χ3v) is 3.04. The molecule has 1 rings (SSSR count). The van der Waals surface area contributed by atoms with Gasteiger partial charge >= 0.3 is 0 Å². The summed E-state index contributed by atoms with van der Waals surface area (Å²) in [6, 6.07) is 6.56. The number of rotatable bonds is 5. The van der Waals surface area contributed by atoms with Crippen molar-refractivity contribution >= 4 is 0 Å². The zero-order chi connectivity index (χ0) is 12.1. The predicted molar refractivity (Wildman–Crippen MR) is 68.9 cm³/mol. The predicted octanol–water partition coefficient (Wildman–Crippen LogP) is 2.92. The van der Waals surface area contributed by atoms with Crippen LogP contribution in [0.1, 0.15) is 31.4 Å². The van der Waals surface area contributed by atoms with Gasteiger partial charge in [-0.05, 0) is 37.3 Å². The molecule has 16 heavy (non-hydrogen) atoms. The molecule has 0 aliphatic carbocycles. The van der Waals surface area contributed by atoms with Crippen molar-refractivity contribution in [3.05, 3.63) is 29.3 Å². The third-order valence-electron chi connectivity index (χ3n) is 3.04. The maximum absolute atomic E-state index is 6.05. The molecule has 0 radical (unpaired) electrons. The van der Waals surface area contributed by atoms with Gasteiger partial charge in [-0.2, -0.15) is 0 Å². The molecule has 0 amide bonds. The van der Waals surface area contributed by atoms with E-state index in [1.54, 1.807) is 7.11 Å². The van der Waals surface area contributed by atoms with Crippen LogP contribution in [0.2, 0.25) is 0 Å². The maximum Gasteiger partial charge on any atom is 0.122 e. The molecule has 90 valence electrons. The Morgan fingerprint density at radius 2 is 2.00 bits per heavy atom. The molecule has 0 aliphatic rings. The normalized spacial score (nSPS) is 12.9. The van der Waals surface area contributed by atoms with Gasteiger partial charge in [0.2, 0.25) is 0 Å². The number of hydrogen-bond donors (Lipinski definition) is 1. The van der Waals surface area contributed by atoms with Crippen LogP contribution in [0.3, 0.4) is 0 Å². The molecule has 1 atom stereocenters. The molecule has 2 nitrogen and oxygen atoms in total. The van der Waals surface area contributed by atoms with Crippen molar-refractivity contribution in [1.82, 2.24) is 0 Å². The Bertz CT molecular complexity index is 334. The minimum atomic E-state index is 0.269. The summed E-state index contributed by atoms with van der Waals surface area (Å²) in [6.07, 6.45) is 2.00. The summed E-state index contributed by atoms with van der Waals surface area (Å²) in [5.41, 5.74) is 8.59. The monoisotopic (exact) mass is 221 g/mol. The summed E-state index contributed by atoms with van der Waals surface area (Å²) in [5, 5.41) is 0. The highest BCUT2D eigenvalue weighted by atomic mass is 16.5. The molecule has 0 saturated heterocycles. The van der Waals surface area contributed by atoms with Crippen molar-refractivity contribution in [3.8, 4) is 5.75 Å². The quantitative estimate of drug-likeness (QED) is 0.829. The van der Waals surface area contributed by atoms with E-state index in [1.165, 1.54) is 11.1 Å². The van der Waals surface area contributed by atoms with Crippen molar-refractivity contribution in [2.24, 2.45) is 11.7 Å². The van der Waals surface area contributed by atoms with Gasteiger partial charge in [0.05, 0.1) is 7.11 Å². The summed E-state index contributed by atoms with van der Waals surface area (Å²) < 4.78 is 5.35. The lowest BCUT2D eigenvalue weighted by molar-refractivity contribution is 0.405. The van der Waals surface area contributed by atoms with Gasteiger partial charge in [-0.3, -0.25) is 0 Å². The van der Waals surface area contributed by atoms with Gasteiger partial charge in [0, 0.05) is 6.04 Å². The van der Waals surface area contributed by atoms with Crippen molar-refractivity contribution in [2.75, 3.05) is 7.11 Å². The molecular weight excluding hydrogens is 198 g/mol. The van der Waals surface area contributed by atoms with E-state index in [1.807, 2.05) is 6.07 Å². The summed E-state index contributed by atoms with van der Waals surface area (Å²) in [4.78, 5) is 0. The van der Waals surface area contributed by atoms with Gasteiger partial charge < -0.3 is 10.5 Å². The third kappa shape index (κ3) is 3.53. The highest BCUT2D eigenvalue weighted by Gasteiger charge is 2.09. The van der Waals surface area contributed by atoms with Crippen LogP contribution in [0, 0.1) is 12.8 Å². The Kier molecular flexibility index (Phi) is 4.81. The zero-order valence-electron chi connectivity index (χ0n) is 10.8. The highest BCUT2D eigenvalue weighted by Crippen LogP contribution is 2.22. The average molecular weight is 221 g/mol. The first-order valence-corrected chi connectivity index (χ1v) is 5.93. The Morgan fingerprint density at radius 1 is 1.31 bits per heavy atom. The molecule has 1 unspecified atom stereocenters. The first-order chi connectivity index (χ1) is 7.54. The average Bonchev–Trinajstić information content (AvgIpc) is 2.25. The van der Waals surface area contributed by atoms with Crippen LogP contribution in [0.4, 0.5) is 0 Å². The largest absolute Gasteiger partial charge is 0.496 e. The fourth-order valence-corrected chi connectivity index (χ4v) is 1.76. The first kappa shape index (κ1) is 13.0. The van der Waals surface area contributed by atoms with Crippen LogP contribution < -0.4 is 10.5 Å². The number of aryl methyl sites for hydroxylation is 2. The van der Waals surface area contributed by atoms with Crippen molar-refractivity contribution in [1.29, 1.82) is 0 Å². The fraction of sp³-hybridized carbons (Fsp3) is 0.571. The van der Waals surface area contributed by atoms with E-state index in [0.717, 1.165) is 18.6 Å². The fourth-order valence-electron chi connectivity index (χ4n) is 1.76. The number of benzene rings is 1. The Balaban J connectivity index is 2.68. The number of ether oxygens (including phenoxy) is 1. The Morgan fingerprint density at radius 3 is 2.56 bits per heavy atom. The summed E-state index contributed by atoms with van der Waals surface area (Å²) in [5.74, 6) is 1.51. The first-order valence-electron chi connectivity index (χ1n) is 5.93. The lowest BCUT2D eigenvalue weighted by Gasteiger charge is -2.16. The van der Waals surface area contributed by atoms with Gasteiger partial charge in [-0.1, -0.05) is 31.5 Å². The van der Waals surface area contributed by atoms with Crippen LogP contribution in [-0.2, 0) is 6.42 Å². The molecule has 2 N–H and O–H groups in total. The van der Waals surface area contributed by atoms with E-state index < -0.39 is 0 Å². The second-order valence-corrected chi connectivity index (χ2v) is 4.76. The van der Waals surface area contributed by atoms with Gasteiger partial charge in [0.25, 0.3) is 0 Å². The number of hydrogen-bond acceptors (Lipinski definition) is 2. The SMILES string of the molecule is COc1ccc(C)cc1CCC(N)C(C)C. The minimum Gasteiger partial charge on any atom is -0.496 e. The molecule has 2 heteroatoms. The second kappa shape index (κ2) is 5.90. The van der Waals surface area contributed by atoms with E-state index in [2.05, 4.69) is 32.9 Å². The lowest BCUT2D eigenvalue weighted by Crippen LogP contribution is -2.26.